The second-order valence-corrected chi connectivity index (χ2v) is 3.90. The van der Waals surface area contributed by atoms with E-state index < -0.39 is 23.8 Å². The van der Waals surface area contributed by atoms with Crippen LogP contribution in [0.15, 0.2) is 12.3 Å². The Bertz CT molecular complexity index is 451. The highest BCUT2D eigenvalue weighted by Crippen LogP contribution is 2.32. The van der Waals surface area contributed by atoms with Crippen LogP contribution in [0.2, 0.25) is 5.02 Å². The van der Waals surface area contributed by atoms with E-state index in [1.807, 2.05) is 0 Å². The van der Waals surface area contributed by atoms with Gasteiger partial charge < -0.3 is 10.4 Å². The quantitative estimate of drug-likeness (QED) is 0.891. The molecule has 0 aliphatic carbocycles. The van der Waals surface area contributed by atoms with Crippen LogP contribution < -0.4 is 5.32 Å². The van der Waals surface area contributed by atoms with Crippen LogP contribution in [0.25, 0.3) is 0 Å². The van der Waals surface area contributed by atoms with E-state index in [-0.39, 0.29) is 17.3 Å². The Morgan fingerprint density at radius 1 is 1.61 bits per heavy atom. The molecular weight excluding hydrogens is 273 g/mol. The van der Waals surface area contributed by atoms with E-state index in [1.54, 1.807) is 6.92 Å². The summed E-state index contributed by atoms with van der Waals surface area (Å²) in [6.45, 7) is 1.61. The molecule has 0 fully saturated rings. The van der Waals surface area contributed by atoms with E-state index in [1.165, 1.54) is 0 Å². The van der Waals surface area contributed by atoms with Crippen molar-refractivity contribution in [2.24, 2.45) is 0 Å². The Kier molecular flexibility index (Phi) is 4.39. The first-order valence-electron chi connectivity index (χ1n) is 4.97. The minimum absolute atomic E-state index is 0.0843. The highest BCUT2D eigenvalue weighted by Gasteiger charge is 2.31. The Labute approximate surface area is 106 Å². The van der Waals surface area contributed by atoms with Gasteiger partial charge in [-0.2, -0.15) is 13.2 Å². The van der Waals surface area contributed by atoms with Gasteiger partial charge in [0.15, 0.2) is 0 Å². The molecule has 1 rings (SSSR count). The summed E-state index contributed by atoms with van der Waals surface area (Å²) in [6.07, 6.45) is -3.69. The molecule has 1 atom stereocenters. The lowest BCUT2D eigenvalue weighted by Crippen LogP contribution is -2.28. The molecule has 1 aromatic heterocycles. The fraction of sp³-hybridized carbons (Fsp3) is 0.400. The van der Waals surface area contributed by atoms with Crippen molar-refractivity contribution in [3.63, 3.8) is 0 Å². The lowest BCUT2D eigenvalue weighted by molar-refractivity contribution is -0.139. The zero-order valence-corrected chi connectivity index (χ0v) is 10.0. The predicted octanol–water partition coefficient (Wildman–Crippen LogP) is 3.03. The third kappa shape index (κ3) is 3.49. The summed E-state index contributed by atoms with van der Waals surface area (Å²) in [4.78, 5) is 14.2. The van der Waals surface area contributed by atoms with Crippen LogP contribution in [0.3, 0.4) is 0 Å². The maximum absolute atomic E-state index is 12.3. The fourth-order valence-electron chi connectivity index (χ4n) is 1.20. The first-order valence-corrected chi connectivity index (χ1v) is 5.35. The summed E-state index contributed by atoms with van der Waals surface area (Å²) in [5, 5.41) is 11.0. The normalized spacial score (nSPS) is 13.2. The van der Waals surface area contributed by atoms with Crippen molar-refractivity contribution in [1.82, 2.24) is 4.98 Å². The average molecular weight is 283 g/mol. The monoisotopic (exact) mass is 282 g/mol. The van der Waals surface area contributed by atoms with Gasteiger partial charge >= 0.3 is 12.1 Å². The maximum Gasteiger partial charge on any atom is 0.417 e. The molecule has 0 amide bonds. The number of pyridine rings is 1. The van der Waals surface area contributed by atoms with Crippen molar-refractivity contribution in [3.8, 4) is 0 Å². The number of nitrogens with zero attached hydrogens (tertiary/aromatic N) is 1. The van der Waals surface area contributed by atoms with Crippen LogP contribution >= 0.6 is 11.6 Å². The summed E-state index contributed by atoms with van der Waals surface area (Å²) in [5.74, 6) is -1.21. The second kappa shape index (κ2) is 5.43. The lowest BCUT2D eigenvalue weighted by Gasteiger charge is -2.15. The maximum atomic E-state index is 12.3. The van der Waals surface area contributed by atoms with Crippen molar-refractivity contribution in [2.75, 3.05) is 5.32 Å². The molecule has 18 heavy (non-hydrogen) atoms. The number of halogens is 4. The number of carboxylic acids is 1. The third-order valence-corrected chi connectivity index (χ3v) is 2.47. The van der Waals surface area contributed by atoms with E-state index in [2.05, 4.69) is 10.3 Å². The number of hydrogen-bond donors (Lipinski definition) is 2. The van der Waals surface area contributed by atoms with Crippen LogP contribution in [-0.2, 0) is 11.0 Å². The van der Waals surface area contributed by atoms with E-state index in [9.17, 15) is 18.0 Å². The van der Waals surface area contributed by atoms with Gasteiger partial charge in [0.25, 0.3) is 0 Å². The number of alkyl halides is 3. The van der Waals surface area contributed by atoms with Crippen LogP contribution in [0, 0.1) is 0 Å². The molecule has 0 aliphatic rings. The van der Waals surface area contributed by atoms with Crippen LogP contribution in [0.5, 0.6) is 0 Å². The Hall–Kier alpha value is -1.50. The largest absolute Gasteiger partial charge is 0.480 e. The summed E-state index contributed by atoms with van der Waals surface area (Å²) in [6, 6.07) is -0.252. The molecule has 8 heteroatoms. The Balaban J connectivity index is 2.96. The first kappa shape index (κ1) is 14.6. The van der Waals surface area contributed by atoms with Crippen molar-refractivity contribution in [3.05, 3.63) is 22.8 Å². The molecule has 4 nitrogen and oxygen atoms in total. The number of nitrogens with one attached hydrogen (secondary N) is 1. The fourth-order valence-corrected chi connectivity index (χ4v) is 1.42. The van der Waals surface area contributed by atoms with Gasteiger partial charge in [-0.25, -0.2) is 9.78 Å². The molecule has 0 aliphatic heterocycles. The number of carboxylic acid groups (broad SMARTS) is 1. The Morgan fingerprint density at radius 2 is 2.22 bits per heavy atom. The molecule has 1 unspecified atom stereocenters. The predicted molar refractivity (Wildman–Crippen MR) is 59.6 cm³/mol. The zero-order chi connectivity index (χ0) is 13.9. The smallest absolute Gasteiger partial charge is 0.417 e. The average Bonchev–Trinajstić information content (AvgIpc) is 2.25. The van der Waals surface area contributed by atoms with Gasteiger partial charge in [0.05, 0.1) is 10.6 Å². The third-order valence-electron chi connectivity index (χ3n) is 2.19. The van der Waals surface area contributed by atoms with E-state index in [4.69, 9.17) is 16.7 Å². The number of anilines is 1. The van der Waals surface area contributed by atoms with Gasteiger partial charge in [-0.05, 0) is 12.5 Å². The van der Waals surface area contributed by atoms with E-state index >= 15 is 0 Å². The number of carbonyl (C=O) groups is 1. The molecule has 1 aromatic rings. The highest BCUT2D eigenvalue weighted by atomic mass is 35.5. The van der Waals surface area contributed by atoms with Gasteiger partial charge in [-0.15, -0.1) is 0 Å². The van der Waals surface area contributed by atoms with Crippen molar-refractivity contribution < 1.29 is 23.1 Å². The highest BCUT2D eigenvalue weighted by molar-refractivity contribution is 6.33. The minimum atomic E-state index is -4.54. The molecule has 0 saturated carbocycles. The second-order valence-electron chi connectivity index (χ2n) is 3.50. The van der Waals surface area contributed by atoms with Gasteiger partial charge in [0.1, 0.15) is 11.9 Å². The zero-order valence-electron chi connectivity index (χ0n) is 9.25. The first-order chi connectivity index (χ1) is 8.25. The van der Waals surface area contributed by atoms with E-state index in [0.29, 0.717) is 12.3 Å². The molecule has 0 spiro atoms. The summed E-state index contributed by atoms with van der Waals surface area (Å²) < 4.78 is 37.0. The molecule has 0 bridgehead atoms. The molecule has 2 N–H and O–H groups in total. The van der Waals surface area contributed by atoms with Crippen molar-refractivity contribution in [1.29, 1.82) is 0 Å². The van der Waals surface area contributed by atoms with Crippen molar-refractivity contribution >= 4 is 23.4 Å². The van der Waals surface area contributed by atoms with Gasteiger partial charge in [-0.3, -0.25) is 0 Å². The topological polar surface area (TPSA) is 62.2 Å². The molecule has 0 radical (unpaired) electrons. The van der Waals surface area contributed by atoms with Gasteiger partial charge in [-0.1, -0.05) is 18.5 Å². The Morgan fingerprint density at radius 3 is 2.61 bits per heavy atom. The standard InChI is InChI=1S/C10H10ClF3N2O2/c1-2-7(9(17)18)16-8-6(11)3-5(4-15-8)10(12,13)14/h3-4,7H,2H2,1H3,(H,15,16)(H,17,18). The number of aliphatic carboxylic acids is 1. The number of aromatic nitrogens is 1. The van der Waals surface area contributed by atoms with Crippen LogP contribution in [0.1, 0.15) is 18.9 Å². The van der Waals surface area contributed by atoms with Crippen LogP contribution in [-0.4, -0.2) is 22.1 Å². The lowest BCUT2D eigenvalue weighted by atomic mass is 10.2. The van der Waals surface area contributed by atoms with Crippen LogP contribution in [0.4, 0.5) is 19.0 Å². The van der Waals surface area contributed by atoms with Gasteiger partial charge in [0, 0.05) is 6.20 Å². The molecule has 0 aromatic carbocycles. The minimum Gasteiger partial charge on any atom is -0.480 e. The number of hydrogen-bond acceptors (Lipinski definition) is 3. The van der Waals surface area contributed by atoms with Crippen molar-refractivity contribution in [2.45, 2.75) is 25.6 Å². The summed E-state index contributed by atoms with van der Waals surface area (Å²) in [5.41, 5.74) is -0.985. The molecule has 1 heterocycles. The molecule has 0 saturated heterocycles. The SMILES string of the molecule is CCC(Nc1ncc(C(F)(F)F)cc1Cl)C(=O)O. The number of rotatable bonds is 4. The van der Waals surface area contributed by atoms with E-state index in [0.717, 1.165) is 0 Å². The molecule has 100 valence electrons. The molecular formula is C10H10ClF3N2O2. The van der Waals surface area contributed by atoms with Gasteiger partial charge in [0.2, 0.25) is 0 Å². The summed E-state index contributed by atoms with van der Waals surface area (Å²) in [7, 11) is 0. The summed E-state index contributed by atoms with van der Waals surface area (Å²) >= 11 is 5.62.